The molecule has 8 heteroatoms. The highest BCUT2D eigenvalue weighted by molar-refractivity contribution is 6.04. The molecular weight excluding hydrogens is 287 g/mol. The lowest BCUT2D eigenvalue weighted by Gasteiger charge is -2.25. The van der Waals surface area contributed by atoms with Crippen molar-refractivity contribution in [1.29, 1.82) is 0 Å². The molecule has 112 valence electrons. The van der Waals surface area contributed by atoms with Crippen LogP contribution in [0, 0.1) is 0 Å². The molecule has 1 aliphatic rings. The maximum atomic E-state index is 12.8. The van der Waals surface area contributed by atoms with Gasteiger partial charge in [-0.1, -0.05) is 18.2 Å². The number of nitrogens with one attached hydrogen (secondary N) is 1. The van der Waals surface area contributed by atoms with Gasteiger partial charge in [-0.15, -0.1) is 0 Å². The Labute approximate surface area is 117 Å². The van der Waals surface area contributed by atoms with Crippen LogP contribution in [0.3, 0.4) is 0 Å². The van der Waals surface area contributed by atoms with Crippen molar-refractivity contribution in [2.75, 3.05) is 13.1 Å². The molecule has 2 aromatic rings. The van der Waals surface area contributed by atoms with Crippen molar-refractivity contribution < 1.29 is 23.1 Å². The van der Waals surface area contributed by atoms with Crippen molar-refractivity contribution in [2.45, 2.75) is 18.2 Å². The number of β-amino-alcohol motifs (C(OH)–C–C–N with tert-alkyl or cyclic N) is 1. The number of carbonyl (C=O) groups excluding carboxylic acids is 1. The average molecular weight is 299 g/mol. The Morgan fingerprint density at radius 2 is 2.10 bits per heavy atom. The summed E-state index contributed by atoms with van der Waals surface area (Å²) in [6, 6.07) is 6.85. The summed E-state index contributed by atoms with van der Waals surface area (Å²) >= 11 is 0. The number of fused-ring (bicyclic) bond motifs is 1. The number of nitrogens with zero attached hydrogens (tertiary/aromatic N) is 2. The molecule has 1 fully saturated rings. The van der Waals surface area contributed by atoms with E-state index < -0.39 is 30.7 Å². The number of aliphatic hydroxyl groups is 1. The van der Waals surface area contributed by atoms with Gasteiger partial charge in [-0.3, -0.25) is 9.89 Å². The molecule has 2 N–H and O–H groups in total. The summed E-state index contributed by atoms with van der Waals surface area (Å²) in [5, 5.41) is 16.7. The molecule has 1 aromatic heterocycles. The fourth-order valence-corrected chi connectivity index (χ4v) is 2.47. The number of benzene rings is 1. The molecule has 2 heterocycles. The highest BCUT2D eigenvalue weighted by atomic mass is 19.4. The number of para-hydroxylation sites is 1. The van der Waals surface area contributed by atoms with Gasteiger partial charge in [0.25, 0.3) is 5.91 Å². The van der Waals surface area contributed by atoms with E-state index in [1.807, 2.05) is 0 Å². The predicted octanol–water partition coefficient (Wildman–Crippen LogP) is 1.70. The molecule has 0 aliphatic carbocycles. The minimum atomic E-state index is -4.75. The maximum Gasteiger partial charge on any atom is 0.419 e. The number of rotatable bonds is 1. The normalized spacial score (nSPS) is 23.0. The van der Waals surface area contributed by atoms with Gasteiger partial charge in [0.05, 0.1) is 12.1 Å². The standard InChI is InChI=1S/C13H12F3N3O2/c14-13(15,16)12(21)5-6-19(7-12)11(20)10-8-3-1-2-4-9(8)17-18-10/h1-4,21H,5-7H2,(H,17,18)/t12-/m0/s1. The number of H-pyrrole nitrogens is 1. The Morgan fingerprint density at radius 3 is 2.76 bits per heavy atom. The van der Waals surface area contributed by atoms with Crippen LogP contribution in [0.4, 0.5) is 13.2 Å². The van der Waals surface area contributed by atoms with Crippen LogP contribution >= 0.6 is 0 Å². The van der Waals surface area contributed by atoms with E-state index in [1.165, 1.54) is 0 Å². The van der Waals surface area contributed by atoms with E-state index in [4.69, 9.17) is 0 Å². The highest BCUT2D eigenvalue weighted by Gasteiger charge is 2.58. The summed E-state index contributed by atoms with van der Waals surface area (Å²) in [7, 11) is 0. The Kier molecular flexibility index (Phi) is 2.94. The molecule has 0 saturated carbocycles. The van der Waals surface area contributed by atoms with Gasteiger partial charge in [-0.05, 0) is 6.07 Å². The third kappa shape index (κ3) is 2.15. The van der Waals surface area contributed by atoms with Crippen LogP contribution in [-0.2, 0) is 0 Å². The van der Waals surface area contributed by atoms with Crippen LogP contribution in [0.2, 0.25) is 0 Å². The second-order valence-corrected chi connectivity index (χ2v) is 5.12. The van der Waals surface area contributed by atoms with Gasteiger partial charge in [0.15, 0.2) is 11.3 Å². The summed E-state index contributed by atoms with van der Waals surface area (Å²) in [5.74, 6) is -0.618. The van der Waals surface area contributed by atoms with Crippen LogP contribution in [0.15, 0.2) is 24.3 Å². The zero-order valence-corrected chi connectivity index (χ0v) is 10.8. The van der Waals surface area contributed by atoms with Gasteiger partial charge in [0, 0.05) is 18.4 Å². The minimum Gasteiger partial charge on any atom is -0.379 e. The quantitative estimate of drug-likeness (QED) is 0.842. The topological polar surface area (TPSA) is 69.2 Å². The number of hydrogen-bond donors (Lipinski definition) is 2. The van der Waals surface area contributed by atoms with E-state index >= 15 is 0 Å². The molecule has 1 aliphatic heterocycles. The second-order valence-electron chi connectivity index (χ2n) is 5.12. The summed E-state index contributed by atoms with van der Waals surface area (Å²) < 4.78 is 38.3. The van der Waals surface area contributed by atoms with E-state index in [-0.39, 0.29) is 12.2 Å². The van der Waals surface area contributed by atoms with Crippen LogP contribution in [0.1, 0.15) is 16.9 Å². The second kappa shape index (κ2) is 4.45. The molecule has 0 spiro atoms. The Hall–Kier alpha value is -2.09. The Bertz CT molecular complexity index is 697. The molecule has 21 heavy (non-hydrogen) atoms. The van der Waals surface area contributed by atoms with Gasteiger partial charge in [-0.25, -0.2) is 0 Å². The van der Waals surface area contributed by atoms with E-state index in [0.717, 1.165) is 4.90 Å². The molecule has 0 radical (unpaired) electrons. The Balaban J connectivity index is 1.88. The molecule has 0 bridgehead atoms. The monoisotopic (exact) mass is 299 g/mol. The lowest BCUT2D eigenvalue weighted by molar-refractivity contribution is -0.253. The number of aromatic amines is 1. The van der Waals surface area contributed by atoms with Crippen molar-refractivity contribution in [3.63, 3.8) is 0 Å². The number of halogens is 3. The minimum absolute atomic E-state index is 0.0667. The highest BCUT2D eigenvalue weighted by Crippen LogP contribution is 2.38. The van der Waals surface area contributed by atoms with Crippen molar-refractivity contribution in [1.82, 2.24) is 15.1 Å². The first-order valence-electron chi connectivity index (χ1n) is 6.33. The van der Waals surface area contributed by atoms with Gasteiger partial charge < -0.3 is 10.0 Å². The third-order valence-corrected chi connectivity index (χ3v) is 3.74. The first-order valence-corrected chi connectivity index (χ1v) is 6.33. The third-order valence-electron chi connectivity index (χ3n) is 3.74. The van der Waals surface area contributed by atoms with Crippen molar-refractivity contribution in [3.8, 4) is 0 Å². The van der Waals surface area contributed by atoms with Gasteiger partial charge >= 0.3 is 6.18 Å². The SMILES string of the molecule is O=C(c1n[nH]c2ccccc12)N1CC[C@@](O)(C(F)(F)F)C1. The number of carbonyl (C=O) groups is 1. The molecule has 1 aromatic carbocycles. The average Bonchev–Trinajstić information content (AvgIpc) is 3.02. The van der Waals surface area contributed by atoms with Crippen LogP contribution in [0.5, 0.6) is 0 Å². The summed E-state index contributed by atoms with van der Waals surface area (Å²) in [4.78, 5) is 13.3. The summed E-state index contributed by atoms with van der Waals surface area (Å²) in [6.45, 7) is -0.924. The van der Waals surface area contributed by atoms with E-state index in [1.54, 1.807) is 24.3 Å². The van der Waals surface area contributed by atoms with Gasteiger partial charge in [0.2, 0.25) is 0 Å². The van der Waals surface area contributed by atoms with Crippen LogP contribution < -0.4 is 0 Å². The van der Waals surface area contributed by atoms with Crippen molar-refractivity contribution >= 4 is 16.8 Å². The molecular formula is C13H12F3N3O2. The fourth-order valence-electron chi connectivity index (χ4n) is 2.47. The first-order chi connectivity index (χ1) is 9.82. The molecule has 1 atom stereocenters. The number of alkyl halides is 3. The zero-order chi connectivity index (χ0) is 15.3. The number of likely N-dealkylation sites (tertiary alicyclic amines) is 1. The smallest absolute Gasteiger partial charge is 0.379 e. The molecule has 0 unspecified atom stereocenters. The molecule has 3 rings (SSSR count). The fraction of sp³-hybridized carbons (Fsp3) is 0.385. The maximum absolute atomic E-state index is 12.8. The lowest BCUT2D eigenvalue weighted by Crippen LogP contribution is -2.48. The van der Waals surface area contributed by atoms with E-state index in [9.17, 15) is 23.1 Å². The molecule has 1 amide bonds. The predicted molar refractivity (Wildman–Crippen MR) is 67.6 cm³/mol. The largest absolute Gasteiger partial charge is 0.419 e. The number of hydrogen-bond acceptors (Lipinski definition) is 3. The van der Waals surface area contributed by atoms with Crippen LogP contribution in [-0.4, -0.2) is 51.0 Å². The molecule has 5 nitrogen and oxygen atoms in total. The number of amides is 1. The zero-order valence-electron chi connectivity index (χ0n) is 10.8. The van der Waals surface area contributed by atoms with Crippen molar-refractivity contribution in [3.05, 3.63) is 30.0 Å². The van der Waals surface area contributed by atoms with Crippen LogP contribution in [0.25, 0.3) is 10.9 Å². The Morgan fingerprint density at radius 1 is 1.38 bits per heavy atom. The van der Waals surface area contributed by atoms with E-state index in [2.05, 4.69) is 10.2 Å². The van der Waals surface area contributed by atoms with E-state index in [0.29, 0.717) is 10.9 Å². The van der Waals surface area contributed by atoms with Crippen molar-refractivity contribution in [2.24, 2.45) is 0 Å². The summed E-state index contributed by atoms with van der Waals surface area (Å²) in [5.41, 5.74) is -2.14. The number of aromatic nitrogens is 2. The van der Waals surface area contributed by atoms with Gasteiger partial charge in [-0.2, -0.15) is 18.3 Å². The molecule has 1 saturated heterocycles. The lowest BCUT2D eigenvalue weighted by atomic mass is 10.0. The first kappa shape index (κ1) is 13.9. The summed E-state index contributed by atoms with van der Waals surface area (Å²) in [6.07, 6.45) is -5.28. The van der Waals surface area contributed by atoms with Gasteiger partial charge in [0.1, 0.15) is 0 Å².